The van der Waals surface area contributed by atoms with Gasteiger partial charge in [0.2, 0.25) is 0 Å². The molecule has 0 amide bonds. The van der Waals surface area contributed by atoms with Gasteiger partial charge >= 0.3 is 0 Å². The molecule has 0 saturated carbocycles. The number of benzene rings is 1. The number of nitrogens with zero attached hydrogens (tertiary/aromatic N) is 1. The first-order valence-electron chi connectivity index (χ1n) is 8.24. The van der Waals surface area contributed by atoms with Crippen molar-refractivity contribution in [2.75, 3.05) is 0 Å². The van der Waals surface area contributed by atoms with Crippen LogP contribution in [0.2, 0.25) is 0 Å². The van der Waals surface area contributed by atoms with E-state index in [1.165, 1.54) is 10.9 Å². The molecule has 0 aliphatic heterocycles. The Balaban J connectivity index is 1.55. The summed E-state index contributed by atoms with van der Waals surface area (Å²) < 4.78 is 26.4. The maximum Gasteiger partial charge on any atom is 0.259 e. The summed E-state index contributed by atoms with van der Waals surface area (Å²) in [5.74, 6) is -1.18. The Morgan fingerprint density at radius 2 is 2.16 bits per heavy atom. The second-order valence-electron chi connectivity index (χ2n) is 6.33. The summed E-state index contributed by atoms with van der Waals surface area (Å²) in [5.41, 5.74) is 1.70. The standard InChI is InChI=1S/C18H17F2N3OS/c1-9(10-5-6-12(19)13(20)7-10)21-8-15-22-17(24)16-11-3-2-4-14(11)25-18(16)23-15/h5-7,9,21H,2-4,8H2,1H3,(H,22,23,24)/t9-/m1/s1. The van der Waals surface area contributed by atoms with E-state index < -0.39 is 11.6 Å². The van der Waals surface area contributed by atoms with Crippen molar-refractivity contribution >= 4 is 21.6 Å². The second kappa shape index (κ2) is 6.31. The predicted molar refractivity (Wildman–Crippen MR) is 93.9 cm³/mol. The number of nitrogens with one attached hydrogen (secondary N) is 2. The molecule has 130 valence electrons. The Morgan fingerprint density at radius 1 is 1.32 bits per heavy atom. The van der Waals surface area contributed by atoms with E-state index >= 15 is 0 Å². The van der Waals surface area contributed by atoms with Crippen molar-refractivity contribution in [3.8, 4) is 0 Å². The molecule has 0 saturated heterocycles. The summed E-state index contributed by atoms with van der Waals surface area (Å²) >= 11 is 1.60. The van der Waals surface area contributed by atoms with Gasteiger partial charge in [0.05, 0.1) is 11.9 Å². The highest BCUT2D eigenvalue weighted by atomic mass is 32.1. The highest BCUT2D eigenvalue weighted by molar-refractivity contribution is 7.18. The predicted octanol–water partition coefficient (Wildman–Crippen LogP) is 3.60. The van der Waals surface area contributed by atoms with Crippen LogP contribution in [0.5, 0.6) is 0 Å². The number of aromatic amines is 1. The fourth-order valence-corrected chi connectivity index (χ4v) is 4.56. The minimum absolute atomic E-state index is 0.0957. The van der Waals surface area contributed by atoms with E-state index in [0.29, 0.717) is 17.9 Å². The van der Waals surface area contributed by atoms with Gasteiger partial charge in [0.1, 0.15) is 10.7 Å². The lowest BCUT2D eigenvalue weighted by atomic mass is 10.1. The van der Waals surface area contributed by atoms with Gasteiger partial charge in [-0.2, -0.15) is 0 Å². The number of hydrogen-bond acceptors (Lipinski definition) is 4. The van der Waals surface area contributed by atoms with Crippen LogP contribution in [-0.4, -0.2) is 9.97 Å². The van der Waals surface area contributed by atoms with Crippen molar-refractivity contribution < 1.29 is 8.78 Å². The first-order valence-corrected chi connectivity index (χ1v) is 9.06. The van der Waals surface area contributed by atoms with Crippen molar-refractivity contribution in [2.24, 2.45) is 0 Å². The van der Waals surface area contributed by atoms with E-state index in [0.717, 1.165) is 41.1 Å². The monoisotopic (exact) mass is 361 g/mol. The zero-order valence-electron chi connectivity index (χ0n) is 13.7. The summed E-state index contributed by atoms with van der Waals surface area (Å²) in [7, 11) is 0. The molecule has 3 aromatic rings. The van der Waals surface area contributed by atoms with Crippen LogP contribution in [0, 0.1) is 11.6 Å². The van der Waals surface area contributed by atoms with Gasteiger partial charge in [0.15, 0.2) is 11.6 Å². The Bertz CT molecular complexity index is 1010. The van der Waals surface area contributed by atoms with Crippen LogP contribution in [-0.2, 0) is 19.4 Å². The third-order valence-electron chi connectivity index (χ3n) is 4.64. The zero-order valence-corrected chi connectivity index (χ0v) is 14.5. The topological polar surface area (TPSA) is 57.8 Å². The third kappa shape index (κ3) is 2.98. The van der Waals surface area contributed by atoms with E-state index in [1.54, 1.807) is 17.4 Å². The smallest absolute Gasteiger partial charge is 0.259 e. The summed E-state index contributed by atoms with van der Waals surface area (Å²) in [6.07, 6.45) is 3.08. The molecule has 7 heteroatoms. The van der Waals surface area contributed by atoms with Crippen molar-refractivity contribution in [1.82, 2.24) is 15.3 Å². The molecule has 4 rings (SSSR count). The van der Waals surface area contributed by atoms with Crippen LogP contribution in [0.3, 0.4) is 0 Å². The molecule has 0 bridgehead atoms. The molecular formula is C18H17F2N3OS. The molecule has 1 atom stereocenters. The van der Waals surface area contributed by atoms with E-state index in [-0.39, 0.29) is 11.6 Å². The van der Waals surface area contributed by atoms with Crippen LogP contribution in [0.1, 0.15) is 41.2 Å². The maximum absolute atomic E-state index is 13.3. The van der Waals surface area contributed by atoms with E-state index in [9.17, 15) is 13.6 Å². The minimum atomic E-state index is -0.868. The highest BCUT2D eigenvalue weighted by Gasteiger charge is 2.21. The van der Waals surface area contributed by atoms with Gasteiger partial charge in [0, 0.05) is 10.9 Å². The van der Waals surface area contributed by atoms with Gasteiger partial charge in [-0.25, -0.2) is 13.8 Å². The summed E-state index contributed by atoms with van der Waals surface area (Å²) in [5, 5.41) is 3.92. The van der Waals surface area contributed by atoms with Crippen LogP contribution in [0.25, 0.3) is 10.2 Å². The Kier molecular flexibility index (Phi) is 4.13. The molecule has 2 aromatic heterocycles. The van der Waals surface area contributed by atoms with Crippen LogP contribution >= 0.6 is 11.3 Å². The maximum atomic E-state index is 13.3. The normalized spacial score (nSPS) is 14.8. The van der Waals surface area contributed by atoms with Crippen molar-refractivity contribution in [3.05, 3.63) is 62.0 Å². The molecule has 0 radical (unpaired) electrons. The summed E-state index contributed by atoms with van der Waals surface area (Å²) in [4.78, 5) is 21.9. The molecule has 1 aliphatic carbocycles. The lowest BCUT2D eigenvalue weighted by Crippen LogP contribution is -2.22. The first kappa shape index (κ1) is 16.4. The van der Waals surface area contributed by atoms with Crippen LogP contribution in [0.15, 0.2) is 23.0 Å². The number of rotatable bonds is 4. The van der Waals surface area contributed by atoms with Gasteiger partial charge in [-0.05, 0) is 49.4 Å². The van der Waals surface area contributed by atoms with Gasteiger partial charge in [-0.15, -0.1) is 11.3 Å². The largest absolute Gasteiger partial charge is 0.309 e. The number of halogens is 2. The number of aromatic nitrogens is 2. The van der Waals surface area contributed by atoms with Crippen molar-refractivity contribution in [3.63, 3.8) is 0 Å². The molecule has 1 aromatic carbocycles. The number of thiophene rings is 1. The Morgan fingerprint density at radius 3 is 2.96 bits per heavy atom. The molecule has 0 unspecified atom stereocenters. The highest BCUT2D eigenvalue weighted by Crippen LogP contribution is 2.34. The van der Waals surface area contributed by atoms with E-state index in [1.807, 2.05) is 6.92 Å². The van der Waals surface area contributed by atoms with Gasteiger partial charge < -0.3 is 10.3 Å². The molecule has 1 aliphatic rings. The average molecular weight is 361 g/mol. The SMILES string of the molecule is C[C@@H](NCc1nc2sc3c(c2c(=O)[nH]1)CCC3)c1ccc(F)c(F)c1. The second-order valence-corrected chi connectivity index (χ2v) is 7.41. The Labute approximate surface area is 146 Å². The molecule has 2 heterocycles. The summed E-state index contributed by atoms with van der Waals surface area (Å²) in [6, 6.07) is 3.63. The fourth-order valence-electron chi connectivity index (χ4n) is 3.28. The lowest BCUT2D eigenvalue weighted by Gasteiger charge is -2.14. The first-order chi connectivity index (χ1) is 12.0. The Hall–Kier alpha value is -2.12. The quantitative estimate of drug-likeness (QED) is 0.746. The minimum Gasteiger partial charge on any atom is -0.309 e. The molecular weight excluding hydrogens is 344 g/mol. The van der Waals surface area contributed by atoms with Gasteiger partial charge in [-0.3, -0.25) is 4.79 Å². The molecule has 4 nitrogen and oxygen atoms in total. The number of fused-ring (bicyclic) bond motifs is 3. The zero-order chi connectivity index (χ0) is 17.6. The molecule has 0 spiro atoms. The van der Waals surface area contributed by atoms with E-state index in [4.69, 9.17) is 0 Å². The molecule has 25 heavy (non-hydrogen) atoms. The van der Waals surface area contributed by atoms with Crippen LogP contribution in [0.4, 0.5) is 8.78 Å². The molecule has 0 fully saturated rings. The fraction of sp³-hybridized carbons (Fsp3) is 0.333. The average Bonchev–Trinajstić information content (AvgIpc) is 3.15. The number of hydrogen-bond donors (Lipinski definition) is 2. The number of H-pyrrole nitrogens is 1. The van der Waals surface area contributed by atoms with E-state index in [2.05, 4.69) is 15.3 Å². The van der Waals surface area contributed by atoms with Gasteiger partial charge in [0.25, 0.3) is 5.56 Å². The third-order valence-corrected chi connectivity index (χ3v) is 5.83. The number of aryl methyl sites for hydroxylation is 2. The summed E-state index contributed by atoms with van der Waals surface area (Å²) in [6.45, 7) is 2.19. The van der Waals surface area contributed by atoms with Gasteiger partial charge in [-0.1, -0.05) is 6.07 Å². The van der Waals surface area contributed by atoms with Crippen molar-refractivity contribution in [2.45, 2.75) is 38.8 Å². The lowest BCUT2D eigenvalue weighted by molar-refractivity contribution is 0.499. The van der Waals surface area contributed by atoms with Crippen LogP contribution < -0.4 is 10.9 Å². The van der Waals surface area contributed by atoms with Crippen molar-refractivity contribution in [1.29, 1.82) is 0 Å². The molecule has 2 N–H and O–H groups in total.